The van der Waals surface area contributed by atoms with Crippen LogP contribution in [0.4, 0.5) is 5.69 Å². The van der Waals surface area contributed by atoms with Crippen molar-refractivity contribution in [3.8, 4) is 5.75 Å². The average Bonchev–Trinajstić information content (AvgIpc) is 3.10. The molecule has 2 aromatic carbocycles. The van der Waals surface area contributed by atoms with Crippen molar-refractivity contribution in [2.75, 3.05) is 24.6 Å². The number of allylic oxidation sites excluding steroid dienone is 1. The zero-order valence-electron chi connectivity index (χ0n) is 25.8. The summed E-state index contributed by atoms with van der Waals surface area (Å²) in [4.78, 5) is 15.7. The lowest BCUT2D eigenvalue weighted by Crippen LogP contribution is -2.49. The number of carbonyl (C=O) groups is 1. The summed E-state index contributed by atoms with van der Waals surface area (Å²) in [7, 11) is -3.93. The molecule has 1 aliphatic heterocycles. The third kappa shape index (κ3) is 6.58. The summed E-state index contributed by atoms with van der Waals surface area (Å²) in [6, 6.07) is 11.3. The number of benzene rings is 2. The van der Waals surface area contributed by atoms with E-state index in [2.05, 4.69) is 34.9 Å². The summed E-state index contributed by atoms with van der Waals surface area (Å²) in [6.07, 6.45) is 8.60. The van der Waals surface area contributed by atoms with Crippen LogP contribution in [0.15, 0.2) is 61.7 Å². The van der Waals surface area contributed by atoms with Crippen LogP contribution in [0.1, 0.15) is 73.9 Å². The number of fused-ring (bicyclic) bond motifs is 3. The van der Waals surface area contributed by atoms with Gasteiger partial charge in [0.05, 0.1) is 23.6 Å². The largest absolute Gasteiger partial charge is 0.490 e. The standard InChI is InChI=1S/C35H45ClN2O5S/c1-5-8-31(39)28-14-11-26(28)20-38-21-35(17-7-10-24-18-27(36)13-15-29(24)35)22-43-32-16-12-25(19-30(32)38)34(40)37-44(41,42)33(9-6-2)23(3)4/h5-6,12-13,15-16,18-19,23,26,28,31,33,39H,1-2,7-11,14,17,20-22H2,3-4H3,(H,37,40)/t26-,28+,31?,33?,35-/m0/s1. The number of nitrogens with zero attached hydrogens (tertiary/aromatic N) is 1. The number of rotatable bonds is 11. The Bertz CT molecular complexity index is 1510. The molecule has 5 rings (SSSR count). The van der Waals surface area contributed by atoms with E-state index < -0.39 is 27.3 Å². The van der Waals surface area contributed by atoms with E-state index in [9.17, 15) is 18.3 Å². The molecule has 5 atom stereocenters. The van der Waals surface area contributed by atoms with Gasteiger partial charge in [-0.3, -0.25) is 4.79 Å². The molecule has 0 radical (unpaired) electrons. The molecule has 3 aliphatic rings. The third-order valence-electron chi connectivity index (χ3n) is 9.91. The molecular formula is C35H45ClN2O5S. The number of nitrogens with one attached hydrogen (secondary N) is 1. The number of sulfonamides is 1. The van der Waals surface area contributed by atoms with Gasteiger partial charge in [0.15, 0.2) is 0 Å². The van der Waals surface area contributed by atoms with Crippen LogP contribution in [0.5, 0.6) is 5.75 Å². The van der Waals surface area contributed by atoms with Crippen LogP contribution in [0.2, 0.25) is 5.02 Å². The first-order chi connectivity index (χ1) is 21.0. The van der Waals surface area contributed by atoms with Crippen molar-refractivity contribution < 1.29 is 23.1 Å². The van der Waals surface area contributed by atoms with Crippen LogP contribution in [0.25, 0.3) is 0 Å². The molecule has 1 fully saturated rings. The SMILES string of the molecule is C=CCC(O)[C@@H]1CC[C@H]1CN1C[C@@]2(CCCc3cc(Cl)ccc32)COc2ccc(C(=O)NS(=O)(=O)C(CC=C)C(C)C)cc21. The molecule has 1 heterocycles. The van der Waals surface area contributed by atoms with Gasteiger partial charge in [0.2, 0.25) is 10.0 Å². The number of anilines is 1. The number of hydrogen-bond acceptors (Lipinski definition) is 6. The van der Waals surface area contributed by atoms with Crippen molar-refractivity contribution in [2.45, 2.75) is 75.6 Å². The van der Waals surface area contributed by atoms with E-state index in [1.54, 1.807) is 30.4 Å². The summed E-state index contributed by atoms with van der Waals surface area (Å²) < 4.78 is 35.2. The van der Waals surface area contributed by atoms with Gasteiger partial charge in [0.25, 0.3) is 5.91 Å². The quantitative estimate of drug-likeness (QED) is 0.275. The maximum absolute atomic E-state index is 13.4. The maximum Gasteiger partial charge on any atom is 0.264 e. The summed E-state index contributed by atoms with van der Waals surface area (Å²) in [5, 5.41) is 10.8. The first kappa shape index (κ1) is 32.6. The highest BCUT2D eigenvalue weighted by molar-refractivity contribution is 7.90. The molecule has 0 aromatic heterocycles. The second kappa shape index (κ2) is 13.3. The third-order valence-corrected chi connectivity index (χ3v) is 12.1. The Morgan fingerprint density at radius 2 is 1.95 bits per heavy atom. The predicted molar refractivity (Wildman–Crippen MR) is 177 cm³/mol. The van der Waals surface area contributed by atoms with Gasteiger partial charge in [-0.15, -0.1) is 13.2 Å². The van der Waals surface area contributed by atoms with Crippen molar-refractivity contribution >= 4 is 33.2 Å². The molecule has 1 amide bonds. The number of aliphatic hydroxyl groups is 1. The van der Waals surface area contributed by atoms with Crippen molar-refractivity contribution in [1.82, 2.24) is 4.72 Å². The van der Waals surface area contributed by atoms with Crippen LogP contribution in [0.3, 0.4) is 0 Å². The van der Waals surface area contributed by atoms with E-state index in [1.807, 2.05) is 19.9 Å². The molecular weight excluding hydrogens is 596 g/mol. The van der Waals surface area contributed by atoms with Gasteiger partial charge < -0.3 is 14.7 Å². The lowest BCUT2D eigenvalue weighted by atomic mass is 9.68. The first-order valence-electron chi connectivity index (χ1n) is 15.7. The number of aliphatic hydroxyl groups excluding tert-OH is 1. The van der Waals surface area contributed by atoms with E-state index in [1.165, 1.54) is 11.1 Å². The molecule has 2 N–H and O–H groups in total. The molecule has 1 spiro atoms. The number of hydrogen-bond donors (Lipinski definition) is 2. The normalized spacial score (nSPS) is 24.2. The number of amides is 1. The van der Waals surface area contributed by atoms with E-state index in [4.69, 9.17) is 16.3 Å². The Morgan fingerprint density at radius 3 is 2.64 bits per heavy atom. The Morgan fingerprint density at radius 1 is 1.18 bits per heavy atom. The minimum atomic E-state index is -3.93. The van der Waals surface area contributed by atoms with Crippen molar-refractivity contribution in [3.05, 3.63) is 83.4 Å². The lowest BCUT2D eigenvalue weighted by Gasteiger charge is -2.45. The highest BCUT2D eigenvalue weighted by Crippen LogP contribution is 2.46. The topological polar surface area (TPSA) is 95.9 Å². The number of carbonyl (C=O) groups excluding carboxylic acids is 1. The highest BCUT2D eigenvalue weighted by Gasteiger charge is 2.44. The fourth-order valence-electron chi connectivity index (χ4n) is 7.40. The molecule has 44 heavy (non-hydrogen) atoms. The van der Waals surface area contributed by atoms with E-state index in [0.29, 0.717) is 31.9 Å². The van der Waals surface area contributed by atoms with Gasteiger partial charge in [-0.1, -0.05) is 43.7 Å². The summed E-state index contributed by atoms with van der Waals surface area (Å²) in [6.45, 7) is 13.0. The summed E-state index contributed by atoms with van der Waals surface area (Å²) in [5.74, 6) is 0.248. The second-order valence-corrected chi connectivity index (χ2v) is 15.5. The molecule has 0 saturated heterocycles. The van der Waals surface area contributed by atoms with E-state index in [-0.39, 0.29) is 35.2 Å². The number of halogens is 1. The Balaban J connectivity index is 1.50. The van der Waals surface area contributed by atoms with Crippen LogP contribution in [-0.2, 0) is 21.9 Å². The minimum Gasteiger partial charge on any atom is -0.490 e. The fraction of sp³-hybridized carbons (Fsp3) is 0.514. The number of ether oxygens (including phenoxy) is 1. The Kier molecular flexibility index (Phi) is 9.83. The molecule has 238 valence electrons. The minimum absolute atomic E-state index is 0.170. The van der Waals surface area contributed by atoms with E-state index >= 15 is 0 Å². The predicted octanol–water partition coefficient (Wildman–Crippen LogP) is 6.44. The van der Waals surface area contributed by atoms with Crippen LogP contribution >= 0.6 is 11.6 Å². The van der Waals surface area contributed by atoms with Gasteiger partial charge in [0, 0.05) is 29.1 Å². The second-order valence-electron chi connectivity index (χ2n) is 13.2. The Labute approximate surface area is 267 Å². The molecule has 0 bridgehead atoms. The van der Waals surface area contributed by atoms with Gasteiger partial charge in [0.1, 0.15) is 5.75 Å². The first-order valence-corrected chi connectivity index (χ1v) is 17.7. The summed E-state index contributed by atoms with van der Waals surface area (Å²) in [5.41, 5.74) is 3.23. The smallest absolute Gasteiger partial charge is 0.264 e. The van der Waals surface area contributed by atoms with Crippen LogP contribution in [0, 0.1) is 17.8 Å². The lowest BCUT2D eigenvalue weighted by molar-refractivity contribution is 0.0178. The zero-order chi connectivity index (χ0) is 31.6. The summed E-state index contributed by atoms with van der Waals surface area (Å²) >= 11 is 6.39. The molecule has 1 saturated carbocycles. The monoisotopic (exact) mass is 640 g/mol. The van der Waals surface area contributed by atoms with E-state index in [0.717, 1.165) is 42.8 Å². The molecule has 2 aliphatic carbocycles. The van der Waals surface area contributed by atoms with Gasteiger partial charge in [-0.25, -0.2) is 13.1 Å². The number of aryl methyl sites for hydroxylation is 1. The fourth-order valence-corrected chi connectivity index (χ4v) is 9.23. The highest BCUT2D eigenvalue weighted by atomic mass is 35.5. The van der Waals surface area contributed by atoms with Crippen molar-refractivity contribution in [1.29, 1.82) is 0 Å². The Hall–Kier alpha value is -2.81. The molecule has 2 unspecified atom stereocenters. The van der Waals surface area contributed by atoms with Gasteiger partial charge in [-0.05, 0) is 104 Å². The van der Waals surface area contributed by atoms with Crippen LogP contribution in [-0.4, -0.2) is 50.5 Å². The van der Waals surface area contributed by atoms with Gasteiger partial charge in [-0.2, -0.15) is 0 Å². The molecule has 2 aromatic rings. The zero-order valence-corrected chi connectivity index (χ0v) is 27.4. The van der Waals surface area contributed by atoms with Crippen molar-refractivity contribution in [3.63, 3.8) is 0 Å². The van der Waals surface area contributed by atoms with Gasteiger partial charge >= 0.3 is 0 Å². The molecule has 7 nitrogen and oxygen atoms in total. The average molecular weight is 641 g/mol. The maximum atomic E-state index is 13.4. The van der Waals surface area contributed by atoms with Crippen LogP contribution < -0.4 is 14.4 Å². The molecule has 9 heteroatoms. The van der Waals surface area contributed by atoms with Crippen molar-refractivity contribution in [2.24, 2.45) is 17.8 Å².